The number of rotatable bonds is 4. The van der Waals surface area contributed by atoms with Crippen molar-refractivity contribution >= 4 is 0 Å². The summed E-state index contributed by atoms with van der Waals surface area (Å²) in [5, 5.41) is 0. The molecule has 1 aromatic rings. The monoisotopic (exact) mass is 256 g/mol. The lowest BCUT2D eigenvalue weighted by molar-refractivity contribution is 0.196. The highest BCUT2D eigenvalue weighted by atomic mass is 15.1. The fraction of sp³-hybridized carbons (Fsp3) is 0.588. The van der Waals surface area contributed by atoms with E-state index in [4.69, 9.17) is 0 Å². The standard InChI is InChI=1S/C17H24N2/c1-3-15-13-17(15)7-10-19(11-8-17)14(2)12-16-6-4-5-9-18-16/h4-6,9,15H,2-3,7-8,10-13H2,1H3. The summed E-state index contributed by atoms with van der Waals surface area (Å²) in [6.45, 7) is 9.00. The molecule has 1 atom stereocenters. The van der Waals surface area contributed by atoms with Crippen molar-refractivity contribution < 1.29 is 0 Å². The van der Waals surface area contributed by atoms with Gasteiger partial charge in [0, 0.05) is 37.1 Å². The predicted octanol–water partition coefficient (Wildman–Crippen LogP) is 3.65. The third kappa shape index (κ3) is 2.54. The van der Waals surface area contributed by atoms with Crippen molar-refractivity contribution in [2.45, 2.75) is 39.0 Å². The van der Waals surface area contributed by atoms with Gasteiger partial charge in [0.2, 0.25) is 0 Å². The summed E-state index contributed by atoms with van der Waals surface area (Å²) in [5.74, 6) is 1.01. The molecule has 19 heavy (non-hydrogen) atoms. The van der Waals surface area contributed by atoms with E-state index in [1.54, 1.807) is 0 Å². The lowest BCUT2D eigenvalue weighted by atomic mass is 9.90. The fourth-order valence-electron chi connectivity index (χ4n) is 3.71. The molecule has 2 aliphatic rings. The molecule has 1 unspecified atom stereocenters. The average molecular weight is 256 g/mol. The zero-order chi connectivity index (χ0) is 13.3. The Morgan fingerprint density at radius 2 is 2.21 bits per heavy atom. The van der Waals surface area contributed by atoms with Crippen LogP contribution in [0, 0.1) is 11.3 Å². The number of allylic oxidation sites excluding steroid dienone is 1. The lowest BCUT2D eigenvalue weighted by Gasteiger charge is -2.35. The van der Waals surface area contributed by atoms with Crippen LogP contribution >= 0.6 is 0 Å². The minimum atomic E-state index is 0.719. The molecule has 0 bridgehead atoms. The van der Waals surface area contributed by atoms with Crippen LogP contribution in [0.15, 0.2) is 36.7 Å². The quantitative estimate of drug-likeness (QED) is 0.817. The second-order valence-corrected chi connectivity index (χ2v) is 6.22. The normalized spacial score (nSPS) is 24.5. The van der Waals surface area contributed by atoms with Crippen LogP contribution < -0.4 is 0 Å². The zero-order valence-electron chi connectivity index (χ0n) is 11.9. The Bertz CT molecular complexity index is 444. The minimum Gasteiger partial charge on any atom is -0.375 e. The van der Waals surface area contributed by atoms with Crippen LogP contribution in [0.2, 0.25) is 0 Å². The van der Waals surface area contributed by atoms with Crippen molar-refractivity contribution in [3.63, 3.8) is 0 Å². The number of pyridine rings is 1. The van der Waals surface area contributed by atoms with Crippen LogP contribution in [0.3, 0.4) is 0 Å². The van der Waals surface area contributed by atoms with Gasteiger partial charge in [0.05, 0.1) is 0 Å². The fourth-order valence-corrected chi connectivity index (χ4v) is 3.71. The van der Waals surface area contributed by atoms with Gasteiger partial charge in [0.15, 0.2) is 0 Å². The third-order valence-corrected chi connectivity index (χ3v) is 5.17. The smallest absolute Gasteiger partial charge is 0.0462 e. The van der Waals surface area contributed by atoms with Gasteiger partial charge in [0.25, 0.3) is 0 Å². The van der Waals surface area contributed by atoms with E-state index in [9.17, 15) is 0 Å². The van der Waals surface area contributed by atoms with Gasteiger partial charge < -0.3 is 4.90 Å². The Labute approximate surface area is 116 Å². The summed E-state index contributed by atoms with van der Waals surface area (Å²) in [6, 6.07) is 6.11. The van der Waals surface area contributed by atoms with Crippen molar-refractivity contribution in [3.05, 3.63) is 42.4 Å². The number of aromatic nitrogens is 1. The summed E-state index contributed by atoms with van der Waals surface area (Å²) in [4.78, 5) is 6.87. The summed E-state index contributed by atoms with van der Waals surface area (Å²) in [7, 11) is 0. The molecule has 1 aromatic heterocycles. The average Bonchev–Trinajstić information content (AvgIpc) is 3.13. The molecule has 1 aliphatic heterocycles. The first-order valence-electron chi connectivity index (χ1n) is 7.56. The second-order valence-electron chi connectivity index (χ2n) is 6.22. The van der Waals surface area contributed by atoms with Crippen molar-refractivity contribution in [2.75, 3.05) is 13.1 Å². The van der Waals surface area contributed by atoms with Gasteiger partial charge in [-0.3, -0.25) is 4.98 Å². The molecule has 2 nitrogen and oxygen atoms in total. The van der Waals surface area contributed by atoms with E-state index in [-0.39, 0.29) is 0 Å². The molecule has 0 amide bonds. The molecule has 1 aliphatic carbocycles. The first-order chi connectivity index (χ1) is 9.23. The molecular weight excluding hydrogens is 232 g/mol. The maximum absolute atomic E-state index is 4.39. The van der Waals surface area contributed by atoms with Gasteiger partial charge in [-0.05, 0) is 42.7 Å². The van der Waals surface area contributed by atoms with Gasteiger partial charge >= 0.3 is 0 Å². The van der Waals surface area contributed by atoms with Crippen molar-refractivity contribution in [1.82, 2.24) is 9.88 Å². The molecule has 102 valence electrons. The van der Waals surface area contributed by atoms with Crippen molar-refractivity contribution in [3.8, 4) is 0 Å². The van der Waals surface area contributed by atoms with E-state index in [0.29, 0.717) is 0 Å². The van der Waals surface area contributed by atoms with Crippen molar-refractivity contribution in [2.24, 2.45) is 11.3 Å². The third-order valence-electron chi connectivity index (χ3n) is 5.17. The van der Waals surface area contributed by atoms with E-state index in [0.717, 1.165) is 23.4 Å². The molecule has 2 heteroatoms. The van der Waals surface area contributed by atoms with E-state index in [2.05, 4.69) is 35.5 Å². The highest BCUT2D eigenvalue weighted by molar-refractivity contribution is 5.14. The topological polar surface area (TPSA) is 16.1 Å². The number of piperidine rings is 1. The molecule has 2 fully saturated rings. The van der Waals surface area contributed by atoms with Gasteiger partial charge in [0.1, 0.15) is 0 Å². The molecule has 3 rings (SSSR count). The SMILES string of the molecule is C=C(Cc1ccccn1)N1CCC2(CC1)CC2CC. The minimum absolute atomic E-state index is 0.719. The van der Waals surface area contributed by atoms with Crippen LogP contribution in [-0.4, -0.2) is 23.0 Å². The van der Waals surface area contributed by atoms with Crippen LogP contribution in [0.25, 0.3) is 0 Å². The Balaban J connectivity index is 1.53. The highest BCUT2D eigenvalue weighted by Crippen LogP contribution is 2.60. The molecule has 0 aromatic carbocycles. The predicted molar refractivity (Wildman–Crippen MR) is 78.7 cm³/mol. The van der Waals surface area contributed by atoms with Crippen LogP contribution in [-0.2, 0) is 6.42 Å². The Morgan fingerprint density at radius 3 is 2.79 bits per heavy atom. The maximum atomic E-state index is 4.39. The number of nitrogens with zero attached hydrogens (tertiary/aromatic N) is 2. The molecule has 0 N–H and O–H groups in total. The Kier molecular flexibility index (Phi) is 3.34. The lowest BCUT2D eigenvalue weighted by Crippen LogP contribution is -2.34. The molecular formula is C17H24N2. The first-order valence-corrected chi connectivity index (χ1v) is 7.56. The van der Waals surface area contributed by atoms with Crippen LogP contribution in [0.4, 0.5) is 0 Å². The maximum Gasteiger partial charge on any atom is 0.0462 e. The van der Waals surface area contributed by atoms with E-state index in [1.165, 1.54) is 44.5 Å². The van der Waals surface area contributed by atoms with E-state index in [1.807, 2.05) is 12.3 Å². The summed E-state index contributed by atoms with van der Waals surface area (Å²) in [5.41, 5.74) is 3.09. The van der Waals surface area contributed by atoms with E-state index < -0.39 is 0 Å². The largest absolute Gasteiger partial charge is 0.375 e. The van der Waals surface area contributed by atoms with Gasteiger partial charge in [-0.15, -0.1) is 0 Å². The number of likely N-dealkylation sites (tertiary alicyclic amines) is 1. The van der Waals surface area contributed by atoms with Crippen LogP contribution in [0.5, 0.6) is 0 Å². The molecule has 1 saturated heterocycles. The first kappa shape index (κ1) is 12.7. The van der Waals surface area contributed by atoms with Gasteiger partial charge in [-0.25, -0.2) is 0 Å². The molecule has 1 spiro atoms. The molecule has 2 heterocycles. The Hall–Kier alpha value is -1.31. The molecule has 0 radical (unpaired) electrons. The van der Waals surface area contributed by atoms with Crippen molar-refractivity contribution in [1.29, 1.82) is 0 Å². The zero-order valence-corrected chi connectivity index (χ0v) is 11.9. The van der Waals surface area contributed by atoms with Gasteiger partial charge in [-0.1, -0.05) is 26.0 Å². The van der Waals surface area contributed by atoms with E-state index >= 15 is 0 Å². The number of hydrogen-bond acceptors (Lipinski definition) is 2. The number of hydrogen-bond donors (Lipinski definition) is 0. The summed E-state index contributed by atoms with van der Waals surface area (Å²) >= 11 is 0. The highest BCUT2D eigenvalue weighted by Gasteiger charge is 2.53. The second kappa shape index (κ2) is 4.99. The summed E-state index contributed by atoms with van der Waals surface area (Å²) < 4.78 is 0. The molecule has 1 saturated carbocycles. The van der Waals surface area contributed by atoms with Crippen LogP contribution in [0.1, 0.15) is 38.3 Å². The van der Waals surface area contributed by atoms with Gasteiger partial charge in [-0.2, -0.15) is 0 Å². The summed E-state index contributed by atoms with van der Waals surface area (Å²) in [6.07, 6.45) is 8.34. The Morgan fingerprint density at radius 1 is 1.42 bits per heavy atom.